The predicted octanol–water partition coefficient (Wildman–Crippen LogP) is 3.68. The zero-order valence-electron chi connectivity index (χ0n) is 15.4. The third-order valence-corrected chi connectivity index (χ3v) is 4.33. The monoisotopic (exact) mass is 388 g/mol. The van der Waals surface area contributed by atoms with Gasteiger partial charge in [-0.1, -0.05) is 36.7 Å². The van der Waals surface area contributed by atoms with Crippen LogP contribution in [0, 0.1) is 0 Å². The average Bonchev–Trinajstić information content (AvgIpc) is 2.66. The van der Waals surface area contributed by atoms with Crippen LogP contribution in [-0.4, -0.2) is 31.4 Å². The summed E-state index contributed by atoms with van der Waals surface area (Å²) in [6.07, 6.45) is 0.764. The van der Waals surface area contributed by atoms with Crippen LogP contribution in [0.2, 0.25) is 5.02 Å². The van der Waals surface area contributed by atoms with Gasteiger partial charge >= 0.3 is 5.97 Å². The lowest BCUT2D eigenvalue weighted by Gasteiger charge is -2.22. The van der Waals surface area contributed by atoms with E-state index in [0.717, 1.165) is 12.0 Å². The molecule has 0 spiro atoms. The van der Waals surface area contributed by atoms with Crippen LogP contribution >= 0.6 is 11.6 Å². The number of esters is 1. The van der Waals surface area contributed by atoms with E-state index >= 15 is 0 Å². The first-order valence-corrected chi connectivity index (χ1v) is 8.78. The lowest BCUT2D eigenvalue weighted by molar-refractivity contribution is -0.120. The molecule has 0 atom stereocenters. The van der Waals surface area contributed by atoms with Crippen molar-refractivity contribution >= 4 is 40.8 Å². The molecular formula is C20H21ClN2O4. The minimum atomic E-state index is -0.558. The number of aryl methyl sites for hydroxylation is 1. The van der Waals surface area contributed by atoms with Gasteiger partial charge in [0, 0.05) is 12.6 Å². The Kier molecular flexibility index (Phi) is 6.96. The lowest BCUT2D eigenvalue weighted by atomic mass is 10.1. The highest BCUT2D eigenvalue weighted by Gasteiger charge is 2.20. The van der Waals surface area contributed by atoms with E-state index in [1.807, 2.05) is 25.1 Å². The van der Waals surface area contributed by atoms with Gasteiger partial charge in [0.2, 0.25) is 11.8 Å². The number of carbonyl (C=O) groups is 3. The fourth-order valence-electron chi connectivity index (χ4n) is 2.61. The molecule has 6 nitrogen and oxygen atoms in total. The molecule has 0 fully saturated rings. The maximum Gasteiger partial charge on any atom is 0.337 e. The first-order chi connectivity index (χ1) is 12.9. The Morgan fingerprint density at radius 1 is 1.15 bits per heavy atom. The maximum absolute atomic E-state index is 12.5. The number of anilines is 2. The molecule has 0 saturated heterocycles. The number of para-hydroxylation sites is 1. The first kappa shape index (κ1) is 20.5. The van der Waals surface area contributed by atoms with Gasteiger partial charge in [-0.2, -0.15) is 0 Å². The molecule has 0 aliphatic heterocycles. The molecule has 2 rings (SSSR count). The standard InChI is InChI=1S/C20H21ClN2O4/c1-4-14-7-5-6-8-17(14)22-19(25)12-23(13(2)24)18-11-15(20(26)27-3)9-10-16(18)21/h5-11H,4,12H2,1-3H3,(H,22,25). The summed E-state index contributed by atoms with van der Waals surface area (Å²) in [5, 5.41) is 3.07. The number of nitrogens with one attached hydrogen (secondary N) is 1. The SMILES string of the molecule is CCc1ccccc1NC(=O)CN(C(C)=O)c1cc(C(=O)OC)ccc1Cl. The summed E-state index contributed by atoms with van der Waals surface area (Å²) in [5.41, 5.74) is 2.19. The highest BCUT2D eigenvalue weighted by Crippen LogP contribution is 2.28. The molecule has 2 amide bonds. The summed E-state index contributed by atoms with van der Waals surface area (Å²) >= 11 is 6.20. The van der Waals surface area contributed by atoms with E-state index in [0.29, 0.717) is 5.69 Å². The molecule has 27 heavy (non-hydrogen) atoms. The molecule has 0 aliphatic rings. The summed E-state index contributed by atoms with van der Waals surface area (Å²) in [7, 11) is 1.26. The van der Waals surface area contributed by atoms with E-state index < -0.39 is 5.97 Å². The normalized spacial score (nSPS) is 10.2. The van der Waals surface area contributed by atoms with Gasteiger partial charge in [0.05, 0.1) is 23.4 Å². The van der Waals surface area contributed by atoms with Gasteiger partial charge in [-0.15, -0.1) is 0 Å². The van der Waals surface area contributed by atoms with Crippen LogP contribution in [-0.2, 0) is 20.7 Å². The topological polar surface area (TPSA) is 75.7 Å². The van der Waals surface area contributed by atoms with Gasteiger partial charge in [0.15, 0.2) is 0 Å². The third-order valence-electron chi connectivity index (χ3n) is 4.01. The molecule has 0 radical (unpaired) electrons. The molecule has 0 unspecified atom stereocenters. The highest BCUT2D eigenvalue weighted by atomic mass is 35.5. The number of methoxy groups -OCH3 is 1. The van der Waals surface area contributed by atoms with Gasteiger partial charge < -0.3 is 15.0 Å². The minimum absolute atomic E-state index is 0.236. The van der Waals surface area contributed by atoms with Crippen molar-refractivity contribution in [1.82, 2.24) is 0 Å². The summed E-state index contributed by atoms with van der Waals surface area (Å²) in [5.74, 6) is -1.30. The first-order valence-electron chi connectivity index (χ1n) is 8.41. The summed E-state index contributed by atoms with van der Waals surface area (Å²) in [4.78, 5) is 37.6. The number of amides is 2. The molecule has 2 aromatic rings. The van der Waals surface area contributed by atoms with Crippen LogP contribution in [0.3, 0.4) is 0 Å². The molecule has 0 saturated carbocycles. The number of ether oxygens (including phenoxy) is 1. The van der Waals surface area contributed by atoms with Gasteiger partial charge in [-0.3, -0.25) is 9.59 Å². The number of carbonyl (C=O) groups excluding carboxylic acids is 3. The van der Waals surface area contributed by atoms with E-state index in [9.17, 15) is 14.4 Å². The van der Waals surface area contributed by atoms with Crippen LogP contribution in [0.1, 0.15) is 29.8 Å². The fraction of sp³-hybridized carbons (Fsp3) is 0.250. The van der Waals surface area contributed by atoms with E-state index in [2.05, 4.69) is 5.32 Å². The molecule has 142 valence electrons. The minimum Gasteiger partial charge on any atom is -0.465 e. The van der Waals surface area contributed by atoms with E-state index in [1.165, 1.54) is 37.1 Å². The van der Waals surface area contributed by atoms with Gasteiger partial charge in [0.1, 0.15) is 6.54 Å². The zero-order valence-corrected chi connectivity index (χ0v) is 16.2. The number of rotatable bonds is 6. The van der Waals surface area contributed by atoms with Gasteiger partial charge in [-0.25, -0.2) is 4.79 Å². The van der Waals surface area contributed by atoms with Gasteiger partial charge in [0.25, 0.3) is 0 Å². The number of hydrogen-bond donors (Lipinski definition) is 1. The Morgan fingerprint density at radius 2 is 1.85 bits per heavy atom. The lowest BCUT2D eigenvalue weighted by Crippen LogP contribution is -2.37. The summed E-state index contributed by atoms with van der Waals surface area (Å²) in [6.45, 7) is 3.08. The zero-order chi connectivity index (χ0) is 20.0. The van der Waals surface area contributed by atoms with Crippen molar-refractivity contribution in [3.05, 3.63) is 58.6 Å². The van der Waals surface area contributed by atoms with Crippen LogP contribution < -0.4 is 10.2 Å². The maximum atomic E-state index is 12.5. The molecule has 7 heteroatoms. The smallest absolute Gasteiger partial charge is 0.337 e. The number of benzene rings is 2. The molecule has 0 heterocycles. The predicted molar refractivity (Wildman–Crippen MR) is 105 cm³/mol. The molecule has 1 N–H and O–H groups in total. The second-order valence-electron chi connectivity index (χ2n) is 5.82. The Hall–Kier alpha value is -2.86. The molecular weight excluding hydrogens is 368 g/mol. The van der Waals surface area contributed by atoms with Crippen molar-refractivity contribution < 1.29 is 19.1 Å². The van der Waals surface area contributed by atoms with Crippen molar-refractivity contribution in [3.63, 3.8) is 0 Å². The molecule has 0 aromatic heterocycles. The van der Waals surface area contributed by atoms with Crippen molar-refractivity contribution in [2.24, 2.45) is 0 Å². The molecule has 0 bridgehead atoms. The van der Waals surface area contributed by atoms with E-state index in [-0.39, 0.29) is 34.6 Å². The second-order valence-corrected chi connectivity index (χ2v) is 6.23. The second kappa shape index (κ2) is 9.19. The van der Waals surface area contributed by atoms with Crippen LogP contribution in [0.25, 0.3) is 0 Å². The van der Waals surface area contributed by atoms with Crippen molar-refractivity contribution in [2.45, 2.75) is 20.3 Å². The quantitative estimate of drug-likeness (QED) is 0.766. The molecule has 0 aliphatic carbocycles. The van der Waals surface area contributed by atoms with E-state index in [1.54, 1.807) is 6.07 Å². The Morgan fingerprint density at radius 3 is 2.48 bits per heavy atom. The van der Waals surface area contributed by atoms with E-state index in [4.69, 9.17) is 16.3 Å². The van der Waals surface area contributed by atoms with Crippen LogP contribution in [0.4, 0.5) is 11.4 Å². The van der Waals surface area contributed by atoms with Crippen molar-refractivity contribution in [2.75, 3.05) is 23.9 Å². The van der Waals surface area contributed by atoms with Gasteiger partial charge in [-0.05, 0) is 36.2 Å². The van der Waals surface area contributed by atoms with Crippen molar-refractivity contribution in [3.8, 4) is 0 Å². The van der Waals surface area contributed by atoms with Crippen molar-refractivity contribution in [1.29, 1.82) is 0 Å². The largest absolute Gasteiger partial charge is 0.465 e. The Balaban J connectivity index is 2.27. The Labute approximate surface area is 163 Å². The Bertz CT molecular complexity index is 867. The number of hydrogen-bond acceptors (Lipinski definition) is 4. The average molecular weight is 389 g/mol. The van der Waals surface area contributed by atoms with Crippen LogP contribution in [0.15, 0.2) is 42.5 Å². The highest BCUT2D eigenvalue weighted by molar-refractivity contribution is 6.34. The summed E-state index contributed by atoms with van der Waals surface area (Å²) < 4.78 is 4.69. The number of nitrogens with zero attached hydrogens (tertiary/aromatic N) is 1. The molecule has 2 aromatic carbocycles. The fourth-order valence-corrected chi connectivity index (χ4v) is 2.83. The third kappa shape index (κ3) is 5.08. The number of halogens is 1. The van der Waals surface area contributed by atoms with Crippen LogP contribution in [0.5, 0.6) is 0 Å². The summed E-state index contributed by atoms with van der Waals surface area (Å²) in [6, 6.07) is 11.9.